The lowest BCUT2D eigenvalue weighted by Crippen LogP contribution is -2.02. The van der Waals surface area contributed by atoms with Crippen LogP contribution in [0, 0.1) is 11.7 Å². The van der Waals surface area contributed by atoms with Crippen LogP contribution in [0.1, 0.15) is 28.7 Å². The minimum atomic E-state index is -0.248. The van der Waals surface area contributed by atoms with Crippen LogP contribution in [-0.2, 0) is 19.3 Å². The first-order valence-corrected chi connectivity index (χ1v) is 10.3. The zero-order chi connectivity index (χ0) is 19.6. The van der Waals surface area contributed by atoms with Crippen molar-refractivity contribution in [2.45, 2.75) is 25.7 Å². The lowest BCUT2D eigenvalue weighted by Gasteiger charge is -2.11. The highest BCUT2D eigenvalue weighted by Crippen LogP contribution is 2.30. The molecule has 0 amide bonds. The van der Waals surface area contributed by atoms with Gasteiger partial charge in [-0.25, -0.2) is 9.38 Å². The number of aliphatic imine (C=N–C) groups is 2. The van der Waals surface area contributed by atoms with Gasteiger partial charge in [-0.15, -0.1) is 0 Å². The topological polar surface area (TPSA) is 24.7 Å². The standard InChI is InChI=1S/C26H23FN2/c27-25-23(6-3-7-24(25)26-28-14-15-29-26)20-12-10-18(11-13-20)8-9-19-16-21-4-1-2-5-22(21)17-19/h1-7,10-14,19H,8-9,15-17H2. The van der Waals surface area contributed by atoms with Gasteiger partial charge >= 0.3 is 0 Å². The summed E-state index contributed by atoms with van der Waals surface area (Å²) in [6.45, 7) is 0.528. The fourth-order valence-electron chi connectivity index (χ4n) is 4.45. The van der Waals surface area contributed by atoms with Crippen molar-refractivity contribution >= 4 is 12.1 Å². The average molecular weight is 382 g/mol. The lowest BCUT2D eigenvalue weighted by molar-refractivity contribution is 0.514. The maximum Gasteiger partial charge on any atom is 0.157 e. The predicted molar refractivity (Wildman–Crippen MR) is 117 cm³/mol. The van der Waals surface area contributed by atoms with Gasteiger partial charge in [-0.2, -0.15) is 0 Å². The van der Waals surface area contributed by atoms with E-state index in [1.807, 2.05) is 24.3 Å². The Kier molecular flexibility index (Phi) is 4.81. The molecule has 0 spiro atoms. The first-order chi connectivity index (χ1) is 14.3. The maximum atomic E-state index is 15.0. The van der Waals surface area contributed by atoms with Crippen LogP contribution >= 0.6 is 0 Å². The third-order valence-electron chi connectivity index (χ3n) is 6.02. The van der Waals surface area contributed by atoms with Crippen molar-refractivity contribution in [1.29, 1.82) is 0 Å². The molecule has 0 radical (unpaired) electrons. The van der Waals surface area contributed by atoms with E-state index in [0.717, 1.165) is 17.9 Å². The van der Waals surface area contributed by atoms with Gasteiger partial charge in [0.25, 0.3) is 0 Å². The normalized spacial score (nSPS) is 15.6. The number of benzene rings is 3. The Labute approximate surface area is 170 Å². The van der Waals surface area contributed by atoms with Crippen molar-refractivity contribution in [3.05, 3.63) is 94.8 Å². The van der Waals surface area contributed by atoms with Gasteiger partial charge in [-0.05, 0) is 59.9 Å². The molecular formula is C26H23FN2. The molecule has 1 heterocycles. The molecule has 3 aromatic rings. The van der Waals surface area contributed by atoms with E-state index in [2.05, 4.69) is 46.4 Å². The number of rotatable bonds is 5. The number of amidine groups is 1. The fourth-order valence-corrected chi connectivity index (χ4v) is 4.45. The Hall–Kier alpha value is -3.07. The third kappa shape index (κ3) is 3.65. The summed E-state index contributed by atoms with van der Waals surface area (Å²) in [5, 5.41) is 0. The van der Waals surface area contributed by atoms with E-state index in [1.165, 1.54) is 36.0 Å². The van der Waals surface area contributed by atoms with E-state index in [1.54, 1.807) is 12.3 Å². The molecule has 3 aromatic carbocycles. The van der Waals surface area contributed by atoms with Gasteiger partial charge in [0.1, 0.15) is 5.82 Å². The highest BCUT2D eigenvalue weighted by atomic mass is 19.1. The van der Waals surface area contributed by atoms with Crippen LogP contribution in [0.15, 0.2) is 76.7 Å². The SMILES string of the molecule is Fc1c(C2=NCC=N2)cccc1-c1ccc(CCC2Cc3ccccc3C2)cc1. The zero-order valence-electron chi connectivity index (χ0n) is 16.3. The lowest BCUT2D eigenvalue weighted by atomic mass is 9.95. The van der Waals surface area contributed by atoms with Crippen LogP contribution in [0.25, 0.3) is 11.1 Å². The molecule has 2 aliphatic rings. The number of nitrogens with zero attached hydrogens (tertiary/aromatic N) is 2. The van der Waals surface area contributed by atoms with Crippen LogP contribution in [-0.4, -0.2) is 18.6 Å². The Morgan fingerprint density at radius 1 is 0.828 bits per heavy atom. The van der Waals surface area contributed by atoms with E-state index in [0.29, 0.717) is 23.5 Å². The zero-order valence-corrected chi connectivity index (χ0v) is 16.3. The second kappa shape index (κ2) is 7.75. The Bertz CT molecular complexity index is 1070. The van der Waals surface area contributed by atoms with Crippen LogP contribution in [0.5, 0.6) is 0 Å². The van der Waals surface area contributed by atoms with Crippen molar-refractivity contribution in [1.82, 2.24) is 0 Å². The summed E-state index contributed by atoms with van der Waals surface area (Å²) in [7, 11) is 0. The van der Waals surface area contributed by atoms with E-state index >= 15 is 4.39 Å². The quantitative estimate of drug-likeness (QED) is 0.543. The largest absolute Gasteiger partial charge is 0.260 e. The summed E-state index contributed by atoms with van der Waals surface area (Å²) < 4.78 is 15.0. The monoisotopic (exact) mass is 382 g/mol. The molecular weight excluding hydrogens is 359 g/mol. The summed E-state index contributed by atoms with van der Waals surface area (Å²) in [5.41, 5.74) is 6.31. The molecule has 1 aliphatic carbocycles. The molecule has 0 saturated heterocycles. The predicted octanol–water partition coefficient (Wildman–Crippen LogP) is 5.67. The van der Waals surface area contributed by atoms with E-state index < -0.39 is 0 Å². The van der Waals surface area contributed by atoms with Crippen LogP contribution in [0.3, 0.4) is 0 Å². The van der Waals surface area contributed by atoms with Gasteiger partial charge in [-0.1, -0.05) is 60.7 Å². The van der Waals surface area contributed by atoms with Crippen molar-refractivity contribution in [2.24, 2.45) is 15.9 Å². The van der Waals surface area contributed by atoms with Gasteiger partial charge in [0, 0.05) is 11.8 Å². The molecule has 5 rings (SSSR count). The van der Waals surface area contributed by atoms with Crippen LogP contribution in [0.2, 0.25) is 0 Å². The van der Waals surface area contributed by atoms with E-state index in [9.17, 15) is 0 Å². The molecule has 3 heteroatoms. The molecule has 0 fully saturated rings. The molecule has 2 nitrogen and oxygen atoms in total. The smallest absolute Gasteiger partial charge is 0.157 e. The average Bonchev–Trinajstić information content (AvgIpc) is 3.42. The molecule has 0 atom stereocenters. The van der Waals surface area contributed by atoms with Gasteiger partial charge in [0.15, 0.2) is 5.84 Å². The second-order valence-electron chi connectivity index (χ2n) is 7.92. The highest BCUT2D eigenvalue weighted by molar-refractivity contribution is 6.07. The molecule has 29 heavy (non-hydrogen) atoms. The molecule has 0 N–H and O–H groups in total. The minimum Gasteiger partial charge on any atom is -0.260 e. The van der Waals surface area contributed by atoms with Crippen molar-refractivity contribution in [3.8, 4) is 11.1 Å². The van der Waals surface area contributed by atoms with E-state index in [-0.39, 0.29) is 5.82 Å². The second-order valence-corrected chi connectivity index (χ2v) is 7.92. The number of halogens is 1. The number of fused-ring (bicyclic) bond motifs is 1. The van der Waals surface area contributed by atoms with Crippen molar-refractivity contribution in [3.63, 3.8) is 0 Å². The molecule has 0 saturated carbocycles. The van der Waals surface area contributed by atoms with Crippen LogP contribution < -0.4 is 0 Å². The summed E-state index contributed by atoms with van der Waals surface area (Å²) in [6.07, 6.45) is 6.35. The number of hydrogen-bond acceptors (Lipinski definition) is 2. The van der Waals surface area contributed by atoms with E-state index in [4.69, 9.17) is 0 Å². The first-order valence-electron chi connectivity index (χ1n) is 10.3. The van der Waals surface area contributed by atoms with Gasteiger partial charge in [0.05, 0.1) is 12.1 Å². The Morgan fingerprint density at radius 3 is 2.24 bits per heavy atom. The van der Waals surface area contributed by atoms with Crippen LogP contribution in [0.4, 0.5) is 4.39 Å². The summed E-state index contributed by atoms with van der Waals surface area (Å²) in [5.74, 6) is 0.967. The Morgan fingerprint density at radius 2 is 1.55 bits per heavy atom. The molecule has 0 unspecified atom stereocenters. The molecule has 144 valence electrons. The summed E-state index contributed by atoms with van der Waals surface area (Å²) >= 11 is 0. The minimum absolute atomic E-state index is 0.248. The van der Waals surface area contributed by atoms with Gasteiger partial charge in [0.2, 0.25) is 0 Å². The summed E-state index contributed by atoms with van der Waals surface area (Å²) in [4.78, 5) is 8.42. The maximum absolute atomic E-state index is 15.0. The van der Waals surface area contributed by atoms with Crippen molar-refractivity contribution in [2.75, 3.05) is 6.54 Å². The Balaban J connectivity index is 1.28. The van der Waals surface area contributed by atoms with Gasteiger partial charge in [-0.3, -0.25) is 4.99 Å². The van der Waals surface area contributed by atoms with Gasteiger partial charge < -0.3 is 0 Å². The summed E-state index contributed by atoms with van der Waals surface area (Å²) in [6, 6.07) is 22.6. The number of aryl methyl sites for hydroxylation is 1. The third-order valence-corrected chi connectivity index (χ3v) is 6.02. The molecule has 0 bridgehead atoms. The number of hydrogen-bond donors (Lipinski definition) is 0. The first kappa shape index (κ1) is 18.0. The van der Waals surface area contributed by atoms with Crippen molar-refractivity contribution < 1.29 is 4.39 Å². The fraction of sp³-hybridized carbons (Fsp3) is 0.231. The molecule has 1 aliphatic heterocycles. The molecule has 0 aromatic heterocycles. The highest BCUT2D eigenvalue weighted by Gasteiger charge is 2.20.